The van der Waals surface area contributed by atoms with E-state index in [0.717, 1.165) is 22.9 Å². The second-order valence-electron chi connectivity index (χ2n) is 7.09. The number of H-pyrrole nitrogens is 1. The molecule has 0 spiro atoms. The van der Waals surface area contributed by atoms with Crippen molar-refractivity contribution in [1.82, 2.24) is 15.2 Å². The van der Waals surface area contributed by atoms with Crippen LogP contribution in [0.5, 0.6) is 0 Å². The van der Waals surface area contributed by atoms with Crippen LogP contribution in [0.1, 0.15) is 39.4 Å². The van der Waals surface area contributed by atoms with Gasteiger partial charge in [-0.15, -0.1) is 0 Å². The van der Waals surface area contributed by atoms with Crippen molar-refractivity contribution in [3.63, 3.8) is 0 Å². The van der Waals surface area contributed by atoms with Crippen LogP contribution in [0.2, 0.25) is 0 Å². The molecule has 4 heteroatoms. The highest BCUT2D eigenvalue weighted by Gasteiger charge is 2.36. The number of anilines is 1. The molecule has 2 atom stereocenters. The van der Waals surface area contributed by atoms with Gasteiger partial charge in [0.2, 0.25) is 0 Å². The van der Waals surface area contributed by atoms with E-state index < -0.39 is 0 Å². The van der Waals surface area contributed by atoms with Gasteiger partial charge in [-0.05, 0) is 43.2 Å². The second-order valence-corrected chi connectivity index (χ2v) is 7.09. The first-order chi connectivity index (χ1) is 9.94. The standard InChI is InChI=1S/C17H24N4/c1-11-9-17(3,4)10-15(11)19-14-8-6-5-7-13(14)16-18-12(2)20-21-16/h5-8,11,15,19H,9-10H2,1-4H3,(H,18,20,21). The van der Waals surface area contributed by atoms with Gasteiger partial charge in [0.15, 0.2) is 5.82 Å². The van der Waals surface area contributed by atoms with Crippen LogP contribution < -0.4 is 5.32 Å². The average Bonchev–Trinajstić information content (AvgIpc) is 2.94. The summed E-state index contributed by atoms with van der Waals surface area (Å²) in [4.78, 5) is 4.46. The number of nitrogens with one attached hydrogen (secondary N) is 2. The maximum atomic E-state index is 4.46. The summed E-state index contributed by atoms with van der Waals surface area (Å²) in [6, 6.07) is 8.82. The lowest BCUT2D eigenvalue weighted by Gasteiger charge is -2.21. The zero-order valence-corrected chi connectivity index (χ0v) is 13.3. The molecular weight excluding hydrogens is 260 g/mol. The lowest BCUT2D eigenvalue weighted by Crippen LogP contribution is -2.22. The third kappa shape index (κ3) is 2.94. The summed E-state index contributed by atoms with van der Waals surface area (Å²) in [5.74, 6) is 2.29. The lowest BCUT2D eigenvalue weighted by molar-refractivity contribution is 0.366. The topological polar surface area (TPSA) is 53.6 Å². The Morgan fingerprint density at radius 2 is 2.00 bits per heavy atom. The van der Waals surface area contributed by atoms with Gasteiger partial charge in [0.25, 0.3) is 0 Å². The van der Waals surface area contributed by atoms with Crippen LogP contribution in [0, 0.1) is 18.3 Å². The first-order valence-corrected chi connectivity index (χ1v) is 7.69. The van der Waals surface area contributed by atoms with E-state index in [1.54, 1.807) is 0 Å². The molecule has 1 aromatic heterocycles. The lowest BCUT2D eigenvalue weighted by atomic mass is 9.91. The molecule has 2 aromatic rings. The summed E-state index contributed by atoms with van der Waals surface area (Å²) in [5.41, 5.74) is 2.62. The minimum Gasteiger partial charge on any atom is -0.381 e. The van der Waals surface area contributed by atoms with Gasteiger partial charge < -0.3 is 5.32 Å². The Bertz CT molecular complexity index is 629. The van der Waals surface area contributed by atoms with Crippen LogP contribution in [-0.2, 0) is 0 Å². The molecule has 0 aliphatic heterocycles. The Labute approximate surface area is 126 Å². The molecule has 1 saturated carbocycles. The molecule has 3 rings (SSSR count). The van der Waals surface area contributed by atoms with Crippen LogP contribution >= 0.6 is 0 Å². The summed E-state index contributed by atoms with van der Waals surface area (Å²) >= 11 is 0. The van der Waals surface area contributed by atoms with Crippen molar-refractivity contribution in [2.24, 2.45) is 11.3 Å². The fraction of sp³-hybridized carbons (Fsp3) is 0.529. The molecule has 2 unspecified atom stereocenters. The fourth-order valence-electron chi connectivity index (χ4n) is 3.55. The molecule has 1 aliphatic carbocycles. The Hall–Kier alpha value is -1.84. The zero-order valence-electron chi connectivity index (χ0n) is 13.3. The number of nitrogens with zero attached hydrogens (tertiary/aromatic N) is 2. The monoisotopic (exact) mass is 284 g/mol. The van der Waals surface area contributed by atoms with Crippen molar-refractivity contribution in [2.45, 2.75) is 46.6 Å². The minimum atomic E-state index is 0.424. The van der Waals surface area contributed by atoms with E-state index in [-0.39, 0.29) is 0 Å². The van der Waals surface area contributed by atoms with Crippen molar-refractivity contribution in [3.05, 3.63) is 30.1 Å². The summed E-state index contributed by atoms with van der Waals surface area (Å²) in [7, 11) is 0. The predicted molar refractivity (Wildman–Crippen MR) is 86.1 cm³/mol. The fourth-order valence-corrected chi connectivity index (χ4v) is 3.55. The van der Waals surface area contributed by atoms with Gasteiger partial charge in [0.1, 0.15) is 5.82 Å². The zero-order chi connectivity index (χ0) is 15.0. The normalized spacial score (nSPS) is 24.2. The number of benzene rings is 1. The molecule has 4 nitrogen and oxygen atoms in total. The largest absolute Gasteiger partial charge is 0.381 e. The summed E-state index contributed by atoms with van der Waals surface area (Å²) in [6.07, 6.45) is 2.47. The van der Waals surface area contributed by atoms with Crippen molar-refractivity contribution >= 4 is 5.69 Å². The van der Waals surface area contributed by atoms with E-state index in [4.69, 9.17) is 0 Å². The van der Waals surface area contributed by atoms with Gasteiger partial charge in [-0.1, -0.05) is 32.9 Å². The number of hydrogen-bond acceptors (Lipinski definition) is 3. The molecule has 1 aliphatic rings. The van der Waals surface area contributed by atoms with E-state index in [9.17, 15) is 0 Å². The van der Waals surface area contributed by atoms with E-state index in [1.165, 1.54) is 12.8 Å². The smallest absolute Gasteiger partial charge is 0.183 e. The van der Waals surface area contributed by atoms with Gasteiger partial charge in [0, 0.05) is 17.3 Å². The maximum absolute atomic E-state index is 4.46. The maximum Gasteiger partial charge on any atom is 0.183 e. The van der Waals surface area contributed by atoms with Crippen LogP contribution in [-0.4, -0.2) is 21.2 Å². The Balaban J connectivity index is 1.87. The Kier molecular flexibility index (Phi) is 3.47. The molecule has 112 valence electrons. The molecular formula is C17H24N4. The van der Waals surface area contributed by atoms with E-state index >= 15 is 0 Å². The van der Waals surface area contributed by atoms with E-state index in [1.807, 2.05) is 13.0 Å². The van der Waals surface area contributed by atoms with Crippen LogP contribution in [0.15, 0.2) is 24.3 Å². The molecule has 0 amide bonds. The van der Waals surface area contributed by atoms with E-state index in [0.29, 0.717) is 17.4 Å². The minimum absolute atomic E-state index is 0.424. The molecule has 2 N–H and O–H groups in total. The third-order valence-electron chi connectivity index (χ3n) is 4.44. The molecule has 1 fully saturated rings. The number of aryl methyl sites for hydroxylation is 1. The Morgan fingerprint density at radius 3 is 2.62 bits per heavy atom. The first-order valence-electron chi connectivity index (χ1n) is 7.69. The highest BCUT2D eigenvalue weighted by molar-refractivity contribution is 5.73. The highest BCUT2D eigenvalue weighted by atomic mass is 15.2. The van der Waals surface area contributed by atoms with Gasteiger partial charge in [-0.25, -0.2) is 4.98 Å². The van der Waals surface area contributed by atoms with Crippen LogP contribution in [0.4, 0.5) is 5.69 Å². The SMILES string of the molecule is Cc1nc(-c2ccccc2NC2CC(C)(C)CC2C)n[nH]1. The Morgan fingerprint density at radius 1 is 1.24 bits per heavy atom. The molecule has 1 aromatic carbocycles. The predicted octanol–water partition coefficient (Wildman–Crippen LogP) is 4.02. The molecule has 0 radical (unpaired) electrons. The van der Waals surface area contributed by atoms with Crippen molar-refractivity contribution in [2.75, 3.05) is 5.32 Å². The van der Waals surface area contributed by atoms with E-state index in [2.05, 4.69) is 59.5 Å². The third-order valence-corrected chi connectivity index (χ3v) is 4.44. The number of aromatic amines is 1. The molecule has 1 heterocycles. The number of hydrogen-bond donors (Lipinski definition) is 2. The van der Waals surface area contributed by atoms with Gasteiger partial charge in [-0.3, -0.25) is 5.10 Å². The molecule has 21 heavy (non-hydrogen) atoms. The summed E-state index contributed by atoms with van der Waals surface area (Å²) in [5, 5.41) is 10.9. The van der Waals surface area contributed by atoms with Gasteiger partial charge in [-0.2, -0.15) is 5.10 Å². The highest BCUT2D eigenvalue weighted by Crippen LogP contribution is 2.42. The summed E-state index contributed by atoms with van der Waals surface area (Å²) < 4.78 is 0. The first kappa shape index (κ1) is 14.1. The van der Waals surface area contributed by atoms with Crippen LogP contribution in [0.25, 0.3) is 11.4 Å². The molecule has 0 bridgehead atoms. The quantitative estimate of drug-likeness (QED) is 0.895. The van der Waals surface area contributed by atoms with Gasteiger partial charge in [0.05, 0.1) is 0 Å². The second kappa shape index (κ2) is 5.17. The molecule has 0 saturated heterocycles. The van der Waals surface area contributed by atoms with Gasteiger partial charge >= 0.3 is 0 Å². The number of para-hydroxylation sites is 1. The van der Waals surface area contributed by atoms with Crippen molar-refractivity contribution in [3.8, 4) is 11.4 Å². The van der Waals surface area contributed by atoms with Crippen LogP contribution in [0.3, 0.4) is 0 Å². The average molecular weight is 284 g/mol. The van der Waals surface area contributed by atoms with Crippen molar-refractivity contribution < 1.29 is 0 Å². The van der Waals surface area contributed by atoms with Crippen molar-refractivity contribution in [1.29, 1.82) is 0 Å². The summed E-state index contributed by atoms with van der Waals surface area (Å²) in [6.45, 7) is 8.98. The number of rotatable bonds is 3. The number of aromatic nitrogens is 3.